The highest BCUT2D eigenvalue weighted by atomic mass is 19.1. The Morgan fingerprint density at radius 2 is 1.86 bits per heavy atom. The predicted octanol–water partition coefficient (Wildman–Crippen LogP) is 4.01. The number of halogens is 2. The van der Waals surface area contributed by atoms with E-state index in [1.807, 2.05) is 0 Å². The zero-order valence-electron chi connectivity index (χ0n) is 11.2. The molecule has 21 heavy (non-hydrogen) atoms. The zero-order chi connectivity index (χ0) is 15.0. The Morgan fingerprint density at radius 1 is 1.10 bits per heavy atom. The van der Waals surface area contributed by atoms with Gasteiger partial charge in [0.05, 0.1) is 0 Å². The van der Waals surface area contributed by atoms with E-state index in [9.17, 15) is 13.6 Å². The van der Waals surface area contributed by atoms with Crippen molar-refractivity contribution in [3.05, 3.63) is 65.4 Å². The van der Waals surface area contributed by atoms with Gasteiger partial charge in [-0.25, -0.2) is 8.78 Å². The van der Waals surface area contributed by atoms with E-state index in [0.29, 0.717) is 16.9 Å². The van der Waals surface area contributed by atoms with E-state index in [-0.39, 0.29) is 5.82 Å². The summed E-state index contributed by atoms with van der Waals surface area (Å²) in [6, 6.07) is 9.94. The monoisotopic (exact) mass is 286 g/mol. The molecule has 0 aliphatic carbocycles. The molecule has 1 heterocycles. The average molecular weight is 286 g/mol. The summed E-state index contributed by atoms with van der Waals surface area (Å²) in [5.74, 6) is -1.20. The highest BCUT2D eigenvalue weighted by Crippen LogP contribution is 2.23. The fourth-order valence-corrected chi connectivity index (χ4v) is 2.30. The molecule has 0 spiro atoms. The summed E-state index contributed by atoms with van der Waals surface area (Å²) >= 11 is 0. The Bertz CT molecular complexity index is 839. The predicted molar refractivity (Wildman–Crippen MR) is 77.3 cm³/mol. The lowest BCUT2D eigenvalue weighted by Crippen LogP contribution is -2.13. The summed E-state index contributed by atoms with van der Waals surface area (Å²) in [5.41, 5.74) is 1.97. The molecule has 5 heteroatoms. The Labute approximate surface area is 119 Å². The minimum atomic E-state index is -0.428. The highest BCUT2D eigenvalue weighted by Gasteiger charge is 2.15. The molecular weight excluding hydrogens is 274 g/mol. The van der Waals surface area contributed by atoms with Crippen LogP contribution in [-0.4, -0.2) is 10.9 Å². The van der Waals surface area contributed by atoms with Gasteiger partial charge in [0.15, 0.2) is 0 Å². The van der Waals surface area contributed by atoms with Crippen molar-refractivity contribution in [2.24, 2.45) is 0 Å². The van der Waals surface area contributed by atoms with Crippen molar-refractivity contribution in [2.45, 2.75) is 6.92 Å². The molecule has 3 nitrogen and oxygen atoms in total. The van der Waals surface area contributed by atoms with Gasteiger partial charge in [-0.2, -0.15) is 0 Å². The standard InChI is InChI=1S/C16H12F2N2O/c1-9-13-6-5-11(18)8-14(13)20-15(9)16(21)19-12-4-2-3-10(17)7-12/h2-8,20H,1H3,(H,19,21). The van der Waals surface area contributed by atoms with Gasteiger partial charge in [0.1, 0.15) is 17.3 Å². The van der Waals surface area contributed by atoms with E-state index in [4.69, 9.17) is 0 Å². The first kappa shape index (κ1) is 13.3. The third-order valence-electron chi connectivity index (χ3n) is 3.33. The second-order valence-corrected chi connectivity index (χ2v) is 4.78. The zero-order valence-corrected chi connectivity index (χ0v) is 11.2. The number of carbonyl (C=O) groups is 1. The van der Waals surface area contributed by atoms with Crippen LogP contribution in [0.2, 0.25) is 0 Å². The van der Waals surface area contributed by atoms with Crippen molar-refractivity contribution in [3.8, 4) is 0 Å². The minimum absolute atomic E-state index is 0.333. The van der Waals surface area contributed by atoms with Crippen molar-refractivity contribution in [1.82, 2.24) is 4.98 Å². The SMILES string of the molecule is Cc1c(C(=O)Nc2cccc(F)c2)[nH]c2cc(F)ccc12. The van der Waals surface area contributed by atoms with Crippen LogP contribution < -0.4 is 5.32 Å². The second kappa shape index (κ2) is 5.01. The topological polar surface area (TPSA) is 44.9 Å². The number of H-pyrrole nitrogens is 1. The number of hydrogen-bond acceptors (Lipinski definition) is 1. The van der Waals surface area contributed by atoms with Crippen molar-refractivity contribution < 1.29 is 13.6 Å². The lowest BCUT2D eigenvalue weighted by Gasteiger charge is -2.04. The number of aromatic nitrogens is 1. The summed E-state index contributed by atoms with van der Waals surface area (Å²) in [5, 5.41) is 3.39. The fourth-order valence-electron chi connectivity index (χ4n) is 2.30. The van der Waals surface area contributed by atoms with Crippen LogP contribution in [0.15, 0.2) is 42.5 Å². The smallest absolute Gasteiger partial charge is 0.272 e. The molecule has 0 fully saturated rings. The molecule has 0 unspecified atom stereocenters. The van der Waals surface area contributed by atoms with Gasteiger partial charge >= 0.3 is 0 Å². The largest absolute Gasteiger partial charge is 0.350 e. The van der Waals surface area contributed by atoms with Gasteiger partial charge < -0.3 is 10.3 Å². The van der Waals surface area contributed by atoms with Gasteiger partial charge in [-0.05, 0) is 48.9 Å². The summed E-state index contributed by atoms with van der Waals surface area (Å²) in [6.45, 7) is 1.78. The van der Waals surface area contributed by atoms with Crippen LogP contribution in [0.25, 0.3) is 10.9 Å². The maximum atomic E-state index is 13.2. The molecular formula is C16H12F2N2O. The average Bonchev–Trinajstić information content (AvgIpc) is 2.75. The van der Waals surface area contributed by atoms with Crippen molar-refractivity contribution >= 4 is 22.5 Å². The van der Waals surface area contributed by atoms with Gasteiger partial charge in [-0.1, -0.05) is 6.07 Å². The highest BCUT2D eigenvalue weighted by molar-refractivity contribution is 6.07. The number of benzene rings is 2. The molecule has 106 valence electrons. The van der Waals surface area contributed by atoms with Crippen LogP contribution in [0.4, 0.5) is 14.5 Å². The molecule has 3 rings (SSSR count). The minimum Gasteiger partial charge on any atom is -0.350 e. The molecule has 0 bridgehead atoms. The maximum absolute atomic E-state index is 13.2. The molecule has 0 saturated heterocycles. The van der Waals surface area contributed by atoms with Gasteiger partial charge in [0.2, 0.25) is 0 Å². The van der Waals surface area contributed by atoms with Gasteiger partial charge in [0, 0.05) is 16.6 Å². The number of rotatable bonds is 2. The lowest BCUT2D eigenvalue weighted by atomic mass is 10.1. The summed E-state index contributed by atoms with van der Waals surface area (Å²) in [6.07, 6.45) is 0. The number of aromatic amines is 1. The number of carbonyl (C=O) groups excluding carboxylic acids is 1. The first-order valence-corrected chi connectivity index (χ1v) is 6.39. The van der Waals surface area contributed by atoms with Crippen LogP contribution in [0.3, 0.4) is 0 Å². The van der Waals surface area contributed by atoms with E-state index in [1.54, 1.807) is 19.1 Å². The van der Waals surface area contributed by atoms with Gasteiger partial charge in [-0.3, -0.25) is 4.79 Å². The van der Waals surface area contributed by atoms with Crippen LogP contribution in [0.1, 0.15) is 16.1 Å². The molecule has 3 aromatic rings. The summed E-state index contributed by atoms with van der Waals surface area (Å²) < 4.78 is 26.3. The van der Waals surface area contributed by atoms with Crippen LogP contribution in [0, 0.1) is 18.6 Å². The molecule has 0 aliphatic heterocycles. The Kier molecular flexibility index (Phi) is 3.17. The lowest BCUT2D eigenvalue weighted by molar-refractivity contribution is 0.102. The Balaban J connectivity index is 1.96. The number of hydrogen-bond donors (Lipinski definition) is 2. The molecule has 2 aromatic carbocycles. The first-order chi connectivity index (χ1) is 10.0. The van der Waals surface area contributed by atoms with E-state index in [1.165, 1.54) is 30.3 Å². The number of fused-ring (bicyclic) bond motifs is 1. The molecule has 2 N–H and O–H groups in total. The van der Waals surface area contributed by atoms with E-state index >= 15 is 0 Å². The molecule has 0 atom stereocenters. The van der Waals surface area contributed by atoms with Gasteiger partial charge in [0.25, 0.3) is 5.91 Å². The van der Waals surface area contributed by atoms with E-state index in [0.717, 1.165) is 10.9 Å². The number of amides is 1. The first-order valence-electron chi connectivity index (χ1n) is 6.39. The fraction of sp³-hybridized carbons (Fsp3) is 0.0625. The van der Waals surface area contributed by atoms with E-state index in [2.05, 4.69) is 10.3 Å². The maximum Gasteiger partial charge on any atom is 0.272 e. The Hall–Kier alpha value is -2.69. The molecule has 0 aliphatic rings. The number of aryl methyl sites for hydroxylation is 1. The molecule has 0 saturated carbocycles. The van der Waals surface area contributed by atoms with Gasteiger partial charge in [-0.15, -0.1) is 0 Å². The Morgan fingerprint density at radius 3 is 2.62 bits per heavy atom. The number of anilines is 1. The number of nitrogens with one attached hydrogen (secondary N) is 2. The van der Waals surface area contributed by atoms with Crippen LogP contribution >= 0.6 is 0 Å². The molecule has 1 aromatic heterocycles. The quantitative estimate of drug-likeness (QED) is 0.734. The third-order valence-corrected chi connectivity index (χ3v) is 3.33. The molecule has 0 radical (unpaired) electrons. The van der Waals surface area contributed by atoms with Crippen molar-refractivity contribution in [1.29, 1.82) is 0 Å². The third kappa shape index (κ3) is 2.50. The molecule has 1 amide bonds. The van der Waals surface area contributed by atoms with Crippen molar-refractivity contribution in [3.63, 3.8) is 0 Å². The van der Waals surface area contributed by atoms with Crippen LogP contribution in [0.5, 0.6) is 0 Å². The van der Waals surface area contributed by atoms with Crippen LogP contribution in [-0.2, 0) is 0 Å². The summed E-state index contributed by atoms with van der Waals surface area (Å²) in [4.78, 5) is 15.1. The van der Waals surface area contributed by atoms with Crippen molar-refractivity contribution in [2.75, 3.05) is 5.32 Å². The normalized spacial score (nSPS) is 10.8. The van der Waals surface area contributed by atoms with E-state index < -0.39 is 11.7 Å². The second-order valence-electron chi connectivity index (χ2n) is 4.78. The summed E-state index contributed by atoms with van der Waals surface area (Å²) in [7, 11) is 0.